The number of rotatable bonds is 9. The normalized spacial score (nSPS) is 38.2. The average Bonchev–Trinajstić information content (AvgIpc) is 3.50. The number of alkyl halides is 1. The number of carbonyl (C=O) groups excluding carboxylic acids is 3. The molecule has 326 valence electrons. The van der Waals surface area contributed by atoms with Crippen molar-refractivity contribution in [3.8, 4) is 0 Å². The van der Waals surface area contributed by atoms with Crippen LogP contribution in [0.25, 0.3) is 17.0 Å². The summed E-state index contributed by atoms with van der Waals surface area (Å²) < 4.78 is 53.7. The van der Waals surface area contributed by atoms with E-state index in [0.29, 0.717) is 23.0 Å². The molecule has 3 aliphatic rings. The summed E-state index contributed by atoms with van der Waals surface area (Å²) in [5.41, 5.74) is -4.66. The Bertz CT molecular complexity index is 1970. The van der Waals surface area contributed by atoms with Gasteiger partial charge in [0.25, 0.3) is 5.67 Å². The number of esters is 1. The van der Waals surface area contributed by atoms with E-state index in [-0.39, 0.29) is 31.0 Å². The predicted octanol–water partition coefficient (Wildman–Crippen LogP) is 5.36. The Labute approximate surface area is 344 Å². The second-order valence-electron chi connectivity index (χ2n) is 16.9. The first kappa shape index (κ1) is 45.9. The zero-order chi connectivity index (χ0) is 43.6. The minimum atomic E-state index is -3.21. The van der Waals surface area contributed by atoms with Gasteiger partial charge in [0.15, 0.2) is 29.2 Å². The van der Waals surface area contributed by atoms with Crippen LogP contribution < -0.4 is 5.43 Å². The second kappa shape index (κ2) is 18.2. The first-order chi connectivity index (χ1) is 27.7. The van der Waals surface area contributed by atoms with Gasteiger partial charge in [-0.25, -0.2) is 14.0 Å². The molecular formula is C43H60FN3O12. The van der Waals surface area contributed by atoms with Gasteiger partial charge in [-0.3, -0.25) is 9.59 Å². The topological polar surface area (TPSA) is 185 Å². The Morgan fingerprint density at radius 3 is 2.42 bits per heavy atom. The van der Waals surface area contributed by atoms with E-state index >= 15 is 4.39 Å². The number of hydrogen-bond donors (Lipinski definition) is 2. The summed E-state index contributed by atoms with van der Waals surface area (Å²) in [4.78, 5) is 64.0. The molecule has 4 heterocycles. The molecule has 0 aliphatic carbocycles. The van der Waals surface area contributed by atoms with E-state index in [1.807, 2.05) is 38.9 Å². The fraction of sp³-hybridized carbons (Fsp3) is 0.651. The largest absolute Gasteiger partial charge is 0.509 e. The molecule has 3 aliphatic heterocycles. The molecule has 3 fully saturated rings. The van der Waals surface area contributed by atoms with Crippen molar-refractivity contribution in [1.29, 1.82) is 0 Å². The molecule has 0 spiro atoms. The summed E-state index contributed by atoms with van der Waals surface area (Å²) in [5, 5.41) is 16.5. The Kier molecular flexibility index (Phi) is 14.1. The van der Waals surface area contributed by atoms with E-state index in [0.717, 1.165) is 12.5 Å². The van der Waals surface area contributed by atoms with Crippen molar-refractivity contribution in [1.82, 2.24) is 9.88 Å². The van der Waals surface area contributed by atoms with Gasteiger partial charge in [0, 0.05) is 47.0 Å². The molecule has 0 saturated carbocycles. The lowest BCUT2D eigenvalue weighted by Gasteiger charge is -2.47. The second-order valence-corrected chi connectivity index (χ2v) is 16.9. The van der Waals surface area contributed by atoms with Gasteiger partial charge >= 0.3 is 12.1 Å². The molecule has 5 rings (SSSR count). The van der Waals surface area contributed by atoms with E-state index in [4.69, 9.17) is 33.3 Å². The number of aliphatic hydroxyl groups is 1. The molecule has 0 unspecified atom stereocenters. The monoisotopic (exact) mass is 829 g/mol. The number of H-pyrrole nitrogens is 1. The number of benzene rings is 1. The van der Waals surface area contributed by atoms with Crippen molar-refractivity contribution in [3.05, 3.63) is 52.3 Å². The van der Waals surface area contributed by atoms with Crippen LogP contribution in [0.15, 0.2) is 46.5 Å². The molecule has 16 heteroatoms. The van der Waals surface area contributed by atoms with Gasteiger partial charge in [-0.2, -0.15) is 0 Å². The van der Waals surface area contributed by atoms with Gasteiger partial charge in [0.1, 0.15) is 19.3 Å². The van der Waals surface area contributed by atoms with Gasteiger partial charge in [-0.05, 0) is 78.7 Å². The van der Waals surface area contributed by atoms with Crippen LogP contribution in [0.1, 0.15) is 80.2 Å². The van der Waals surface area contributed by atoms with Crippen LogP contribution in [0.3, 0.4) is 0 Å². The number of ether oxygens (including phenoxy) is 6. The summed E-state index contributed by atoms with van der Waals surface area (Å²) in [6.07, 6.45) is -1.83. The third-order valence-corrected chi connectivity index (χ3v) is 12.2. The third kappa shape index (κ3) is 9.41. The maximum Gasteiger partial charge on any atom is 0.509 e. The number of halogens is 1. The highest BCUT2D eigenvalue weighted by Crippen LogP contribution is 2.43. The van der Waals surface area contributed by atoms with Crippen molar-refractivity contribution in [2.24, 2.45) is 22.9 Å². The van der Waals surface area contributed by atoms with Crippen molar-refractivity contribution in [3.63, 3.8) is 0 Å². The average molecular weight is 830 g/mol. The molecule has 1 aromatic carbocycles. The number of pyridine rings is 1. The molecule has 0 radical (unpaired) electrons. The minimum absolute atomic E-state index is 0.0549. The lowest BCUT2D eigenvalue weighted by Crippen LogP contribution is -2.61. The van der Waals surface area contributed by atoms with E-state index in [9.17, 15) is 24.3 Å². The lowest BCUT2D eigenvalue weighted by atomic mass is 9.73. The van der Waals surface area contributed by atoms with Crippen LogP contribution in [0.4, 0.5) is 9.18 Å². The molecule has 0 bridgehead atoms. The number of aromatic nitrogens is 1. The maximum atomic E-state index is 17.0. The van der Waals surface area contributed by atoms with E-state index < -0.39 is 89.3 Å². The number of nitrogens with one attached hydrogen (secondary N) is 1. The number of oxime groups is 1. The minimum Gasteiger partial charge on any atom is -0.455 e. The molecule has 13 atom stereocenters. The molecule has 0 amide bonds. The summed E-state index contributed by atoms with van der Waals surface area (Å²) in [6, 6.07) is 6.43. The Balaban J connectivity index is 1.63. The van der Waals surface area contributed by atoms with Gasteiger partial charge < -0.3 is 48.2 Å². The quantitative estimate of drug-likeness (QED) is 0.187. The number of likely N-dealkylation sites (N-methyl/N-ethyl adjacent to an activating group) is 1. The fourth-order valence-corrected chi connectivity index (χ4v) is 9.00. The van der Waals surface area contributed by atoms with Crippen LogP contribution in [0.5, 0.6) is 0 Å². The highest BCUT2D eigenvalue weighted by Gasteiger charge is 2.60. The molecular weight excluding hydrogens is 769 g/mol. The van der Waals surface area contributed by atoms with Gasteiger partial charge in [0.05, 0.1) is 30.1 Å². The number of ketones is 1. The smallest absolute Gasteiger partial charge is 0.455 e. The molecule has 15 nitrogen and oxygen atoms in total. The zero-order valence-electron chi connectivity index (χ0n) is 35.9. The summed E-state index contributed by atoms with van der Waals surface area (Å²) in [5.74, 6) is -5.33. The molecule has 2 aromatic rings. The Morgan fingerprint density at radius 1 is 1.05 bits per heavy atom. The van der Waals surface area contributed by atoms with Crippen LogP contribution in [0, 0.1) is 17.8 Å². The molecule has 3 saturated heterocycles. The SMILES string of the molecule is CC[C@H]1OC(=O)[C@@](C)(F)C(=O)[C@H](C)[C@@H](O[C@@H]2O[C@H](C)C[C@H](N(C)C)[C@H]2O)[C@](C)(OC/C=C/c2ccc3[nH]ccc(=O)c3c2)C[C@@H](C)/C(=N\OC)[C@H](C)[C@H]2OC(=O)O[C@@]21C. The highest BCUT2D eigenvalue weighted by atomic mass is 19.1. The van der Waals surface area contributed by atoms with E-state index in [1.165, 1.54) is 27.0 Å². The van der Waals surface area contributed by atoms with Crippen LogP contribution >= 0.6 is 0 Å². The van der Waals surface area contributed by atoms with Crippen molar-refractivity contribution < 1.29 is 57.1 Å². The standard InChI is InChI=1S/C43H60FN3O12/c1-12-32-43(8)37(58-40(52)59-43)25(4)33(46-53-11)23(2)22-41(6,54-19-13-14-27-15-16-29-28(21-27)31(48)17-18-45-29)36(26(5)35(50)42(7,44)39(51)56-32)57-38-34(49)30(47(9)10)20-24(3)55-38/h13-18,21,23-26,30,32,34,36-38,49H,12,19-20,22H2,1-11H3,(H,45,48)/b14-13+,46-33+/t23-,24-,25+,26+,30+,32-,34-,36-,37-,38+,41-,42+,43-/m1/s1. The van der Waals surface area contributed by atoms with Crippen LogP contribution in [-0.4, -0.2) is 126 Å². The van der Waals surface area contributed by atoms with Gasteiger partial charge in [-0.1, -0.05) is 51.1 Å². The van der Waals surface area contributed by atoms with Gasteiger partial charge in [0.2, 0.25) is 0 Å². The van der Waals surface area contributed by atoms with Gasteiger partial charge in [-0.15, -0.1) is 0 Å². The lowest BCUT2D eigenvalue weighted by molar-refractivity contribution is -0.296. The Morgan fingerprint density at radius 2 is 1.76 bits per heavy atom. The van der Waals surface area contributed by atoms with Crippen molar-refractivity contribution in [2.45, 2.75) is 134 Å². The van der Waals surface area contributed by atoms with Crippen molar-refractivity contribution >= 4 is 40.6 Å². The number of aliphatic hydroxyl groups excluding tert-OH is 1. The maximum absolute atomic E-state index is 17.0. The number of cyclic esters (lactones) is 1. The summed E-state index contributed by atoms with van der Waals surface area (Å²) in [6.45, 7) is 12.6. The zero-order valence-corrected chi connectivity index (χ0v) is 35.9. The number of fused-ring (bicyclic) bond motifs is 2. The fourth-order valence-electron chi connectivity index (χ4n) is 9.00. The number of hydrogen-bond acceptors (Lipinski definition) is 14. The van der Waals surface area contributed by atoms with Crippen LogP contribution in [-0.2, 0) is 42.8 Å². The Hall–Kier alpha value is -4.22. The summed E-state index contributed by atoms with van der Waals surface area (Å²) >= 11 is 0. The van der Waals surface area contributed by atoms with Crippen molar-refractivity contribution in [2.75, 3.05) is 27.8 Å². The molecule has 1 aromatic heterocycles. The third-order valence-electron chi connectivity index (χ3n) is 12.2. The molecule has 2 N–H and O–H groups in total. The first-order valence-corrected chi connectivity index (χ1v) is 20.2. The molecule has 59 heavy (non-hydrogen) atoms. The number of carbonyl (C=O) groups is 3. The number of aromatic amines is 1. The summed E-state index contributed by atoms with van der Waals surface area (Å²) in [7, 11) is 5.02. The number of nitrogens with zero attached hydrogens (tertiary/aromatic N) is 2. The first-order valence-electron chi connectivity index (χ1n) is 20.2. The van der Waals surface area contributed by atoms with Crippen LogP contribution in [0.2, 0.25) is 0 Å². The van der Waals surface area contributed by atoms with E-state index in [2.05, 4.69) is 10.1 Å². The number of Topliss-reactive ketones (excluding diaryl/α,β-unsaturated/α-hetero) is 1. The highest BCUT2D eigenvalue weighted by molar-refractivity contribution is 6.08. The predicted molar refractivity (Wildman–Crippen MR) is 216 cm³/mol. The van der Waals surface area contributed by atoms with E-state index in [1.54, 1.807) is 51.3 Å².